The number of carboxylic acids is 1. The molecule has 1 aromatic carbocycles. The normalized spacial score (nSPS) is 10.1. The predicted molar refractivity (Wildman–Crippen MR) is 63.7 cm³/mol. The van der Waals surface area contributed by atoms with Gasteiger partial charge in [-0.1, -0.05) is 6.07 Å². The van der Waals surface area contributed by atoms with Crippen molar-refractivity contribution in [3.05, 3.63) is 28.8 Å². The van der Waals surface area contributed by atoms with E-state index < -0.39 is 5.97 Å². The van der Waals surface area contributed by atoms with E-state index in [-0.39, 0.29) is 18.6 Å². The molecule has 1 aromatic rings. The molecule has 0 saturated carbocycles. The summed E-state index contributed by atoms with van der Waals surface area (Å²) in [6, 6.07) is 3.66. The van der Waals surface area contributed by atoms with Crippen molar-refractivity contribution in [2.75, 3.05) is 7.11 Å². The van der Waals surface area contributed by atoms with Gasteiger partial charge in [0.25, 0.3) is 0 Å². The van der Waals surface area contributed by atoms with Gasteiger partial charge in [-0.2, -0.15) is 0 Å². The van der Waals surface area contributed by atoms with E-state index in [9.17, 15) is 9.59 Å². The molecule has 0 radical (unpaired) electrons. The Morgan fingerprint density at radius 3 is 2.41 bits per heavy atom. The molecule has 0 aromatic heterocycles. The molecule has 17 heavy (non-hydrogen) atoms. The minimum atomic E-state index is -0.970. The number of ketones is 1. The maximum absolute atomic E-state index is 11.9. The number of ether oxygens (including phenoxy) is 1. The van der Waals surface area contributed by atoms with E-state index in [0.717, 1.165) is 11.1 Å². The average Bonchev–Trinajstić information content (AvgIpc) is 2.24. The molecule has 4 heteroatoms. The molecule has 0 bridgehead atoms. The number of Topliss-reactive ketones (excluding diaryl/α,β-unsaturated/α-hetero) is 1. The average molecular weight is 236 g/mol. The van der Waals surface area contributed by atoms with Crippen molar-refractivity contribution >= 4 is 11.8 Å². The Bertz CT molecular complexity index is 449. The van der Waals surface area contributed by atoms with Crippen molar-refractivity contribution in [1.29, 1.82) is 0 Å². The minimum Gasteiger partial charge on any atom is -0.496 e. The number of aliphatic carboxylic acids is 1. The van der Waals surface area contributed by atoms with Gasteiger partial charge in [0, 0.05) is 6.42 Å². The van der Waals surface area contributed by atoms with Gasteiger partial charge < -0.3 is 9.84 Å². The summed E-state index contributed by atoms with van der Waals surface area (Å²) in [6.07, 6.45) is -0.162. The number of carbonyl (C=O) groups is 2. The molecule has 92 valence electrons. The smallest absolute Gasteiger partial charge is 0.303 e. The summed E-state index contributed by atoms with van der Waals surface area (Å²) in [4.78, 5) is 22.4. The number of aryl methyl sites for hydroxylation is 2. The lowest BCUT2D eigenvalue weighted by atomic mass is 9.98. The maximum Gasteiger partial charge on any atom is 0.303 e. The summed E-state index contributed by atoms with van der Waals surface area (Å²) in [5.74, 6) is -0.651. The van der Waals surface area contributed by atoms with Crippen LogP contribution in [0, 0.1) is 13.8 Å². The van der Waals surface area contributed by atoms with Gasteiger partial charge in [0.15, 0.2) is 5.78 Å². The van der Waals surface area contributed by atoms with Crippen LogP contribution in [-0.4, -0.2) is 24.0 Å². The SMILES string of the molecule is COc1cc(C)cc(C)c1C(=O)CCC(=O)O. The molecule has 0 aliphatic heterocycles. The van der Waals surface area contributed by atoms with Gasteiger partial charge in [-0.25, -0.2) is 0 Å². The molecular weight excluding hydrogens is 220 g/mol. The van der Waals surface area contributed by atoms with Gasteiger partial charge in [0.1, 0.15) is 5.75 Å². The van der Waals surface area contributed by atoms with E-state index in [1.165, 1.54) is 7.11 Å². The number of benzene rings is 1. The molecule has 0 aliphatic rings. The summed E-state index contributed by atoms with van der Waals surface area (Å²) in [5.41, 5.74) is 2.31. The number of hydrogen-bond acceptors (Lipinski definition) is 3. The highest BCUT2D eigenvalue weighted by atomic mass is 16.5. The van der Waals surface area contributed by atoms with Crippen LogP contribution in [0.15, 0.2) is 12.1 Å². The Hall–Kier alpha value is -1.84. The second kappa shape index (κ2) is 5.48. The van der Waals surface area contributed by atoms with Crippen molar-refractivity contribution in [3.8, 4) is 5.75 Å². The number of rotatable bonds is 5. The molecule has 1 N–H and O–H groups in total. The lowest BCUT2D eigenvalue weighted by molar-refractivity contribution is -0.136. The first-order valence-electron chi connectivity index (χ1n) is 5.36. The standard InChI is InChI=1S/C13H16O4/c1-8-6-9(2)13(11(7-8)17-3)10(14)4-5-12(15)16/h6-7H,4-5H2,1-3H3,(H,15,16). The van der Waals surface area contributed by atoms with Crippen LogP contribution in [0.4, 0.5) is 0 Å². The number of methoxy groups -OCH3 is 1. The van der Waals surface area contributed by atoms with E-state index >= 15 is 0 Å². The van der Waals surface area contributed by atoms with Crippen molar-refractivity contribution < 1.29 is 19.4 Å². The van der Waals surface area contributed by atoms with Crippen molar-refractivity contribution in [2.24, 2.45) is 0 Å². The van der Waals surface area contributed by atoms with E-state index in [1.807, 2.05) is 19.9 Å². The van der Waals surface area contributed by atoms with Gasteiger partial charge in [-0.05, 0) is 31.0 Å². The molecule has 0 aliphatic carbocycles. The van der Waals surface area contributed by atoms with Gasteiger partial charge in [-0.3, -0.25) is 9.59 Å². The van der Waals surface area contributed by atoms with Crippen LogP contribution in [0.3, 0.4) is 0 Å². The van der Waals surface area contributed by atoms with Gasteiger partial charge in [-0.15, -0.1) is 0 Å². The second-order valence-corrected chi connectivity index (χ2v) is 3.98. The van der Waals surface area contributed by atoms with Crippen LogP contribution in [0.25, 0.3) is 0 Å². The first-order chi connectivity index (χ1) is 7.95. The zero-order valence-corrected chi connectivity index (χ0v) is 10.2. The minimum absolute atomic E-state index is 0.00437. The molecule has 0 fully saturated rings. The number of carbonyl (C=O) groups excluding carboxylic acids is 1. The van der Waals surface area contributed by atoms with Gasteiger partial charge in [0.05, 0.1) is 19.1 Å². The summed E-state index contributed by atoms with van der Waals surface area (Å²) in [6.45, 7) is 3.74. The molecule has 0 atom stereocenters. The van der Waals surface area contributed by atoms with Crippen LogP contribution >= 0.6 is 0 Å². The lowest BCUT2D eigenvalue weighted by Gasteiger charge is -2.11. The third kappa shape index (κ3) is 3.31. The van der Waals surface area contributed by atoms with Crippen molar-refractivity contribution in [2.45, 2.75) is 26.7 Å². The molecule has 0 unspecified atom stereocenters. The third-order valence-corrected chi connectivity index (χ3v) is 2.51. The van der Waals surface area contributed by atoms with E-state index in [1.54, 1.807) is 6.07 Å². The summed E-state index contributed by atoms with van der Waals surface area (Å²) in [5, 5.41) is 8.57. The highest BCUT2D eigenvalue weighted by Crippen LogP contribution is 2.25. The van der Waals surface area contributed by atoms with Crippen LogP contribution < -0.4 is 4.74 Å². The van der Waals surface area contributed by atoms with Crippen LogP contribution in [0.2, 0.25) is 0 Å². The van der Waals surface area contributed by atoms with Crippen molar-refractivity contribution in [1.82, 2.24) is 0 Å². The van der Waals surface area contributed by atoms with E-state index in [0.29, 0.717) is 11.3 Å². The molecular formula is C13H16O4. The van der Waals surface area contributed by atoms with Crippen molar-refractivity contribution in [3.63, 3.8) is 0 Å². The molecule has 0 amide bonds. The highest BCUT2D eigenvalue weighted by molar-refractivity contribution is 6.01. The fraction of sp³-hybridized carbons (Fsp3) is 0.385. The topological polar surface area (TPSA) is 63.6 Å². The molecule has 0 saturated heterocycles. The fourth-order valence-corrected chi connectivity index (χ4v) is 1.79. The monoisotopic (exact) mass is 236 g/mol. The first kappa shape index (κ1) is 13.2. The van der Waals surface area contributed by atoms with Gasteiger partial charge in [0.2, 0.25) is 0 Å². The quantitative estimate of drug-likeness (QED) is 0.797. The Morgan fingerprint density at radius 2 is 1.88 bits per heavy atom. The Balaban J connectivity index is 3.03. The van der Waals surface area contributed by atoms with E-state index in [2.05, 4.69) is 0 Å². The maximum atomic E-state index is 11.9. The molecule has 0 spiro atoms. The number of carboxylic acid groups (broad SMARTS) is 1. The largest absolute Gasteiger partial charge is 0.496 e. The van der Waals surface area contributed by atoms with Crippen LogP contribution in [0.1, 0.15) is 34.3 Å². The fourth-order valence-electron chi connectivity index (χ4n) is 1.79. The van der Waals surface area contributed by atoms with E-state index in [4.69, 9.17) is 9.84 Å². The van der Waals surface area contributed by atoms with Crippen LogP contribution in [0.5, 0.6) is 5.75 Å². The summed E-state index contributed by atoms with van der Waals surface area (Å²) < 4.78 is 5.17. The van der Waals surface area contributed by atoms with Gasteiger partial charge >= 0.3 is 5.97 Å². The third-order valence-electron chi connectivity index (χ3n) is 2.51. The molecule has 4 nitrogen and oxygen atoms in total. The Labute approximate surface area is 100 Å². The Morgan fingerprint density at radius 1 is 1.24 bits per heavy atom. The summed E-state index contributed by atoms with van der Waals surface area (Å²) in [7, 11) is 1.50. The zero-order chi connectivity index (χ0) is 13.0. The highest BCUT2D eigenvalue weighted by Gasteiger charge is 2.16. The number of hydrogen-bond donors (Lipinski definition) is 1. The predicted octanol–water partition coefficient (Wildman–Crippen LogP) is 2.36. The molecule has 1 rings (SSSR count). The first-order valence-corrected chi connectivity index (χ1v) is 5.36. The lowest BCUT2D eigenvalue weighted by Crippen LogP contribution is -2.08. The second-order valence-electron chi connectivity index (χ2n) is 3.98. The summed E-state index contributed by atoms with van der Waals surface area (Å²) >= 11 is 0. The molecule has 0 heterocycles. The Kier molecular flexibility index (Phi) is 4.26. The zero-order valence-electron chi connectivity index (χ0n) is 10.2. The van der Waals surface area contributed by atoms with Crippen LogP contribution in [-0.2, 0) is 4.79 Å².